The summed E-state index contributed by atoms with van der Waals surface area (Å²) < 4.78 is 1.76. The number of amides is 2. The fourth-order valence-electron chi connectivity index (χ4n) is 2.78. The van der Waals surface area contributed by atoms with Crippen molar-refractivity contribution in [1.29, 1.82) is 0 Å². The number of hydrogen-bond acceptors (Lipinski definition) is 4. The number of likely N-dealkylation sites (tertiary alicyclic amines) is 1. The third-order valence-electron chi connectivity index (χ3n) is 3.97. The number of aromatic nitrogens is 2. The minimum atomic E-state index is -0.0444. The predicted octanol–water partition coefficient (Wildman–Crippen LogP) is 0.119. The van der Waals surface area contributed by atoms with Gasteiger partial charge in [0.2, 0.25) is 11.8 Å². The van der Waals surface area contributed by atoms with Gasteiger partial charge >= 0.3 is 0 Å². The van der Waals surface area contributed by atoms with E-state index >= 15 is 0 Å². The van der Waals surface area contributed by atoms with E-state index in [0.29, 0.717) is 32.5 Å². The predicted molar refractivity (Wildman–Crippen MR) is 82.9 cm³/mol. The molecule has 3 N–H and O–H groups in total. The maximum atomic E-state index is 12.4. The number of piperidine rings is 1. The summed E-state index contributed by atoms with van der Waals surface area (Å²) in [5.74, 6) is 0.0882. The molecule has 122 valence electrons. The quantitative estimate of drug-likeness (QED) is 0.748. The van der Waals surface area contributed by atoms with Gasteiger partial charge in [0, 0.05) is 57.5 Å². The van der Waals surface area contributed by atoms with E-state index in [1.54, 1.807) is 10.9 Å². The first-order valence-electron chi connectivity index (χ1n) is 7.94. The van der Waals surface area contributed by atoms with Crippen molar-refractivity contribution in [1.82, 2.24) is 20.0 Å². The van der Waals surface area contributed by atoms with Crippen molar-refractivity contribution in [3.63, 3.8) is 0 Å². The van der Waals surface area contributed by atoms with Gasteiger partial charge < -0.3 is 16.0 Å². The molecule has 1 atom stereocenters. The first-order chi connectivity index (χ1) is 10.7. The van der Waals surface area contributed by atoms with Crippen LogP contribution in [0.25, 0.3) is 0 Å². The molecule has 0 saturated carbocycles. The van der Waals surface area contributed by atoms with Gasteiger partial charge in [-0.15, -0.1) is 0 Å². The molecule has 2 heterocycles. The van der Waals surface area contributed by atoms with E-state index in [2.05, 4.69) is 10.4 Å². The van der Waals surface area contributed by atoms with Gasteiger partial charge in [-0.05, 0) is 25.3 Å². The minimum absolute atomic E-state index is 0.0444. The fraction of sp³-hybridized carbons (Fsp3) is 0.667. The zero-order valence-electron chi connectivity index (χ0n) is 12.9. The van der Waals surface area contributed by atoms with Crippen LogP contribution in [0.1, 0.15) is 32.1 Å². The molecule has 1 fully saturated rings. The molecular formula is C15H25N5O2. The lowest BCUT2D eigenvalue weighted by atomic mass is 10.0. The fourth-order valence-corrected chi connectivity index (χ4v) is 2.78. The molecule has 0 radical (unpaired) electrons. The molecule has 2 amide bonds. The zero-order chi connectivity index (χ0) is 15.8. The molecule has 1 aliphatic rings. The number of carbonyl (C=O) groups excluding carboxylic acids is 2. The third-order valence-corrected chi connectivity index (χ3v) is 3.97. The molecule has 0 spiro atoms. The van der Waals surface area contributed by atoms with E-state index in [-0.39, 0.29) is 17.9 Å². The maximum absolute atomic E-state index is 12.4. The Morgan fingerprint density at radius 2 is 2.18 bits per heavy atom. The minimum Gasteiger partial charge on any atom is -0.354 e. The largest absolute Gasteiger partial charge is 0.354 e. The van der Waals surface area contributed by atoms with Crippen molar-refractivity contribution in [3.8, 4) is 0 Å². The molecule has 0 bridgehead atoms. The number of nitrogens with two attached hydrogens (primary N) is 1. The number of carbonyl (C=O) groups is 2. The van der Waals surface area contributed by atoms with E-state index in [1.165, 1.54) is 0 Å². The highest BCUT2D eigenvalue weighted by Crippen LogP contribution is 2.17. The van der Waals surface area contributed by atoms with Gasteiger partial charge in [-0.25, -0.2) is 0 Å². The molecule has 22 heavy (non-hydrogen) atoms. The molecule has 1 aliphatic heterocycles. The monoisotopic (exact) mass is 307 g/mol. The van der Waals surface area contributed by atoms with E-state index in [1.807, 2.05) is 17.2 Å². The normalized spacial score (nSPS) is 18.2. The summed E-state index contributed by atoms with van der Waals surface area (Å²) in [5.41, 5.74) is 5.37. The van der Waals surface area contributed by atoms with Crippen molar-refractivity contribution < 1.29 is 9.59 Å². The van der Waals surface area contributed by atoms with Gasteiger partial charge in [0.15, 0.2) is 0 Å². The van der Waals surface area contributed by atoms with Crippen LogP contribution >= 0.6 is 0 Å². The average molecular weight is 307 g/mol. The second-order valence-corrected chi connectivity index (χ2v) is 5.60. The molecular weight excluding hydrogens is 282 g/mol. The second kappa shape index (κ2) is 8.53. The molecule has 0 aromatic carbocycles. The number of aryl methyl sites for hydroxylation is 1. The Morgan fingerprint density at radius 1 is 1.32 bits per heavy atom. The lowest BCUT2D eigenvalue weighted by molar-refractivity contribution is -0.135. The summed E-state index contributed by atoms with van der Waals surface area (Å²) in [6, 6.07) is 1.95. The van der Waals surface area contributed by atoms with Crippen LogP contribution in [0, 0.1) is 0 Å². The molecule has 1 unspecified atom stereocenters. The summed E-state index contributed by atoms with van der Waals surface area (Å²) in [4.78, 5) is 25.9. The van der Waals surface area contributed by atoms with Crippen LogP contribution < -0.4 is 11.1 Å². The van der Waals surface area contributed by atoms with Crippen molar-refractivity contribution in [2.24, 2.45) is 5.73 Å². The maximum Gasteiger partial charge on any atom is 0.224 e. The zero-order valence-corrected chi connectivity index (χ0v) is 12.9. The van der Waals surface area contributed by atoms with Crippen LogP contribution in [0.15, 0.2) is 18.5 Å². The Hall–Kier alpha value is -1.89. The molecule has 7 heteroatoms. The van der Waals surface area contributed by atoms with Crippen LogP contribution in [0.3, 0.4) is 0 Å². The smallest absolute Gasteiger partial charge is 0.224 e. The van der Waals surface area contributed by atoms with Gasteiger partial charge in [-0.2, -0.15) is 5.10 Å². The first kappa shape index (κ1) is 16.5. The van der Waals surface area contributed by atoms with Crippen LogP contribution in [0.2, 0.25) is 0 Å². The van der Waals surface area contributed by atoms with E-state index in [4.69, 9.17) is 5.73 Å². The standard InChI is InChI=1S/C15H25N5O2/c16-7-5-14(21)17-12-13-4-1-2-10-20(13)15(22)6-11-19-9-3-8-18-19/h3,8-9,13H,1-2,4-7,10-12,16H2,(H,17,21). The number of nitrogens with zero attached hydrogens (tertiary/aromatic N) is 3. The van der Waals surface area contributed by atoms with Crippen molar-refractivity contribution in [2.75, 3.05) is 19.6 Å². The van der Waals surface area contributed by atoms with Gasteiger partial charge in [0.05, 0.1) is 0 Å². The Balaban J connectivity index is 1.82. The van der Waals surface area contributed by atoms with Gasteiger partial charge in [0.25, 0.3) is 0 Å². The molecule has 1 saturated heterocycles. The van der Waals surface area contributed by atoms with Crippen LogP contribution in [0.4, 0.5) is 0 Å². The number of hydrogen-bond donors (Lipinski definition) is 2. The molecule has 0 aliphatic carbocycles. The second-order valence-electron chi connectivity index (χ2n) is 5.60. The SMILES string of the molecule is NCCC(=O)NCC1CCCCN1C(=O)CCn1cccn1. The van der Waals surface area contributed by atoms with Gasteiger partial charge in [-0.3, -0.25) is 14.3 Å². The third kappa shape index (κ3) is 4.84. The highest BCUT2D eigenvalue weighted by atomic mass is 16.2. The highest BCUT2D eigenvalue weighted by molar-refractivity contribution is 5.77. The molecule has 1 aromatic heterocycles. The first-order valence-corrected chi connectivity index (χ1v) is 7.94. The average Bonchev–Trinajstić information content (AvgIpc) is 3.04. The van der Waals surface area contributed by atoms with Gasteiger partial charge in [-0.1, -0.05) is 0 Å². The topological polar surface area (TPSA) is 93.3 Å². The Labute approximate surface area is 130 Å². The van der Waals surface area contributed by atoms with Crippen LogP contribution in [-0.4, -0.2) is 52.2 Å². The Kier molecular flexibility index (Phi) is 6.39. The summed E-state index contributed by atoms with van der Waals surface area (Å²) >= 11 is 0. The van der Waals surface area contributed by atoms with Crippen molar-refractivity contribution >= 4 is 11.8 Å². The Morgan fingerprint density at radius 3 is 2.91 bits per heavy atom. The van der Waals surface area contributed by atoms with E-state index in [0.717, 1.165) is 25.8 Å². The lowest BCUT2D eigenvalue weighted by Gasteiger charge is -2.36. The van der Waals surface area contributed by atoms with E-state index in [9.17, 15) is 9.59 Å². The summed E-state index contributed by atoms with van der Waals surface area (Å²) in [6.07, 6.45) is 7.40. The van der Waals surface area contributed by atoms with E-state index < -0.39 is 0 Å². The van der Waals surface area contributed by atoms with Crippen LogP contribution in [-0.2, 0) is 16.1 Å². The summed E-state index contributed by atoms with van der Waals surface area (Å²) in [5, 5.41) is 6.99. The molecule has 7 nitrogen and oxygen atoms in total. The van der Waals surface area contributed by atoms with Gasteiger partial charge in [0.1, 0.15) is 0 Å². The Bertz CT molecular complexity index is 474. The lowest BCUT2D eigenvalue weighted by Crippen LogP contribution is -2.49. The van der Waals surface area contributed by atoms with Crippen LogP contribution in [0.5, 0.6) is 0 Å². The highest BCUT2D eigenvalue weighted by Gasteiger charge is 2.26. The summed E-state index contributed by atoms with van der Waals surface area (Å²) in [7, 11) is 0. The number of rotatable bonds is 7. The molecule has 1 aromatic rings. The summed E-state index contributed by atoms with van der Waals surface area (Å²) in [6.45, 7) is 2.24. The van der Waals surface area contributed by atoms with Crippen molar-refractivity contribution in [3.05, 3.63) is 18.5 Å². The van der Waals surface area contributed by atoms with Crippen molar-refractivity contribution in [2.45, 2.75) is 44.7 Å². The molecule has 2 rings (SSSR count). The number of nitrogens with one attached hydrogen (secondary N) is 1.